The molecule has 148 valence electrons. The third-order valence-electron chi connectivity index (χ3n) is 5.09. The maximum Gasteiger partial charge on any atom is 0.251 e. The second-order valence-corrected chi connectivity index (χ2v) is 7.07. The number of anilines is 1. The minimum Gasteiger partial charge on any atom is -0.497 e. The molecule has 1 aliphatic rings. The van der Waals surface area contributed by atoms with Gasteiger partial charge in [0.25, 0.3) is 5.91 Å². The van der Waals surface area contributed by atoms with Crippen molar-refractivity contribution in [2.75, 3.05) is 25.1 Å². The molecule has 1 aliphatic heterocycles. The van der Waals surface area contributed by atoms with Crippen molar-refractivity contribution in [1.29, 1.82) is 0 Å². The smallest absolute Gasteiger partial charge is 0.251 e. The topological polar surface area (TPSA) is 67.3 Å². The molecule has 1 aromatic heterocycles. The Kier molecular flexibility index (Phi) is 5.70. The average molecular weight is 388 g/mol. The van der Waals surface area contributed by atoms with Crippen LogP contribution < -0.4 is 15.0 Å². The predicted octanol–water partition coefficient (Wildman–Crippen LogP) is 3.68. The molecule has 2 aromatic carbocycles. The summed E-state index contributed by atoms with van der Waals surface area (Å²) >= 11 is 0. The van der Waals surface area contributed by atoms with Crippen molar-refractivity contribution < 1.29 is 9.53 Å². The summed E-state index contributed by atoms with van der Waals surface area (Å²) in [4.78, 5) is 23.7. The van der Waals surface area contributed by atoms with Gasteiger partial charge >= 0.3 is 0 Å². The molecule has 1 N–H and O–H groups in total. The van der Waals surface area contributed by atoms with E-state index >= 15 is 0 Å². The lowest BCUT2D eigenvalue weighted by atomic mass is 10.1. The molecule has 0 atom stereocenters. The first-order chi connectivity index (χ1) is 14.2. The van der Waals surface area contributed by atoms with E-state index in [4.69, 9.17) is 4.74 Å². The fourth-order valence-corrected chi connectivity index (χ4v) is 3.51. The van der Waals surface area contributed by atoms with Gasteiger partial charge in [0.05, 0.1) is 12.8 Å². The highest BCUT2D eigenvalue weighted by Gasteiger charge is 2.15. The summed E-state index contributed by atoms with van der Waals surface area (Å²) in [5.74, 6) is 1.60. The average Bonchev–Trinajstić information content (AvgIpc) is 3.33. The Morgan fingerprint density at radius 3 is 2.72 bits per heavy atom. The van der Waals surface area contributed by atoms with Crippen LogP contribution in [0.3, 0.4) is 0 Å². The van der Waals surface area contributed by atoms with Crippen molar-refractivity contribution in [2.24, 2.45) is 0 Å². The van der Waals surface area contributed by atoms with Gasteiger partial charge in [-0.1, -0.05) is 24.3 Å². The molecule has 3 aromatic rings. The van der Waals surface area contributed by atoms with Crippen LogP contribution in [-0.2, 0) is 6.54 Å². The van der Waals surface area contributed by atoms with Gasteiger partial charge in [-0.2, -0.15) is 0 Å². The number of carbonyl (C=O) groups excluding carboxylic acids is 1. The van der Waals surface area contributed by atoms with Crippen LogP contribution >= 0.6 is 0 Å². The summed E-state index contributed by atoms with van der Waals surface area (Å²) in [6.07, 6.45) is 3.99. The molecule has 1 amide bonds. The molecule has 0 bridgehead atoms. The van der Waals surface area contributed by atoms with Crippen LogP contribution in [0.5, 0.6) is 5.75 Å². The maximum absolute atomic E-state index is 12.6. The van der Waals surface area contributed by atoms with Gasteiger partial charge in [-0.3, -0.25) is 4.79 Å². The van der Waals surface area contributed by atoms with Crippen molar-refractivity contribution >= 4 is 11.7 Å². The quantitative estimate of drug-likeness (QED) is 0.698. The lowest BCUT2D eigenvalue weighted by molar-refractivity contribution is 0.0951. The van der Waals surface area contributed by atoms with Crippen LogP contribution in [0.4, 0.5) is 5.82 Å². The Morgan fingerprint density at radius 2 is 1.90 bits per heavy atom. The number of nitrogens with zero attached hydrogens (tertiary/aromatic N) is 3. The van der Waals surface area contributed by atoms with Gasteiger partial charge in [-0.25, -0.2) is 9.97 Å². The Morgan fingerprint density at radius 1 is 1.07 bits per heavy atom. The van der Waals surface area contributed by atoms with Gasteiger partial charge in [-0.15, -0.1) is 0 Å². The zero-order chi connectivity index (χ0) is 20.1. The monoisotopic (exact) mass is 388 g/mol. The van der Waals surface area contributed by atoms with Gasteiger partial charge in [0.1, 0.15) is 17.9 Å². The summed E-state index contributed by atoms with van der Waals surface area (Å²) in [6, 6.07) is 17.2. The first-order valence-electron chi connectivity index (χ1n) is 9.81. The second kappa shape index (κ2) is 8.73. The van der Waals surface area contributed by atoms with Crippen LogP contribution in [0, 0.1) is 0 Å². The molecule has 0 unspecified atom stereocenters. The number of amides is 1. The molecule has 0 spiro atoms. The zero-order valence-electron chi connectivity index (χ0n) is 16.5. The van der Waals surface area contributed by atoms with Crippen LogP contribution in [0.25, 0.3) is 11.3 Å². The third kappa shape index (κ3) is 4.54. The highest BCUT2D eigenvalue weighted by Crippen LogP contribution is 2.24. The first kappa shape index (κ1) is 18.9. The number of aromatic nitrogens is 2. The number of ether oxygens (including phenoxy) is 1. The number of methoxy groups -OCH3 is 1. The molecule has 1 saturated heterocycles. The highest BCUT2D eigenvalue weighted by atomic mass is 16.5. The first-order valence-corrected chi connectivity index (χ1v) is 9.81. The number of hydrogen-bond donors (Lipinski definition) is 1. The summed E-state index contributed by atoms with van der Waals surface area (Å²) in [7, 11) is 1.63. The Labute approximate surface area is 170 Å². The summed E-state index contributed by atoms with van der Waals surface area (Å²) in [5.41, 5.74) is 3.32. The second-order valence-electron chi connectivity index (χ2n) is 7.07. The standard InChI is InChI=1S/C23H24N4O2/c1-29-20-9-4-6-17(12-20)15-24-23(28)19-8-5-7-18(13-19)21-14-22(26-16-25-21)27-10-2-3-11-27/h4-9,12-14,16H,2-3,10-11,15H2,1H3,(H,24,28). The van der Waals surface area contributed by atoms with E-state index in [1.54, 1.807) is 13.4 Å². The Bertz CT molecular complexity index is 999. The number of nitrogens with one attached hydrogen (secondary N) is 1. The Hall–Kier alpha value is -3.41. The van der Waals surface area contributed by atoms with Crippen LogP contribution in [0.15, 0.2) is 60.9 Å². The van der Waals surface area contributed by atoms with E-state index in [0.717, 1.165) is 41.5 Å². The number of rotatable bonds is 6. The van der Waals surface area contributed by atoms with E-state index in [0.29, 0.717) is 12.1 Å². The van der Waals surface area contributed by atoms with E-state index in [1.807, 2.05) is 54.6 Å². The summed E-state index contributed by atoms with van der Waals surface area (Å²) < 4.78 is 5.23. The van der Waals surface area contributed by atoms with Gasteiger partial charge in [0.2, 0.25) is 0 Å². The summed E-state index contributed by atoms with van der Waals surface area (Å²) in [5, 5.41) is 2.97. The molecule has 6 nitrogen and oxygen atoms in total. The van der Waals surface area contributed by atoms with Crippen molar-refractivity contribution in [1.82, 2.24) is 15.3 Å². The van der Waals surface area contributed by atoms with E-state index < -0.39 is 0 Å². The van der Waals surface area contributed by atoms with Crippen molar-refractivity contribution in [3.05, 3.63) is 72.1 Å². The normalized spacial score (nSPS) is 13.3. The molecule has 4 rings (SSSR count). The molecular weight excluding hydrogens is 364 g/mol. The Balaban J connectivity index is 1.48. The third-order valence-corrected chi connectivity index (χ3v) is 5.09. The van der Waals surface area contributed by atoms with Gasteiger partial charge in [-0.05, 0) is 42.7 Å². The fourth-order valence-electron chi connectivity index (χ4n) is 3.51. The molecule has 1 fully saturated rings. The van der Waals surface area contributed by atoms with E-state index in [-0.39, 0.29) is 5.91 Å². The molecule has 2 heterocycles. The zero-order valence-corrected chi connectivity index (χ0v) is 16.5. The minimum absolute atomic E-state index is 0.122. The lowest BCUT2D eigenvalue weighted by Gasteiger charge is -2.16. The van der Waals surface area contributed by atoms with Crippen LogP contribution in [0.1, 0.15) is 28.8 Å². The van der Waals surface area contributed by atoms with Gasteiger partial charge in [0, 0.05) is 36.8 Å². The molecule has 0 aliphatic carbocycles. The SMILES string of the molecule is COc1cccc(CNC(=O)c2cccc(-c3cc(N4CCCC4)ncn3)c2)c1. The van der Waals surface area contributed by atoms with Crippen molar-refractivity contribution in [2.45, 2.75) is 19.4 Å². The van der Waals surface area contributed by atoms with Crippen molar-refractivity contribution in [3.8, 4) is 17.0 Å². The van der Waals surface area contributed by atoms with Crippen molar-refractivity contribution in [3.63, 3.8) is 0 Å². The number of hydrogen-bond acceptors (Lipinski definition) is 5. The molecular formula is C23H24N4O2. The van der Waals surface area contributed by atoms with Gasteiger partial charge in [0.15, 0.2) is 0 Å². The molecule has 6 heteroatoms. The molecule has 29 heavy (non-hydrogen) atoms. The minimum atomic E-state index is -0.122. The number of benzene rings is 2. The van der Waals surface area contributed by atoms with Gasteiger partial charge < -0.3 is 15.0 Å². The van der Waals surface area contributed by atoms with Crippen LogP contribution in [-0.4, -0.2) is 36.1 Å². The van der Waals surface area contributed by atoms with E-state index in [1.165, 1.54) is 12.8 Å². The molecule has 0 saturated carbocycles. The molecule has 0 radical (unpaired) electrons. The lowest BCUT2D eigenvalue weighted by Crippen LogP contribution is -2.22. The van der Waals surface area contributed by atoms with E-state index in [9.17, 15) is 4.79 Å². The fraction of sp³-hybridized carbons (Fsp3) is 0.261. The van der Waals surface area contributed by atoms with E-state index in [2.05, 4.69) is 20.2 Å². The largest absolute Gasteiger partial charge is 0.497 e. The maximum atomic E-state index is 12.6. The highest BCUT2D eigenvalue weighted by molar-refractivity contribution is 5.95. The summed E-state index contributed by atoms with van der Waals surface area (Å²) in [6.45, 7) is 2.50. The number of carbonyl (C=O) groups is 1. The van der Waals surface area contributed by atoms with Crippen LogP contribution in [0.2, 0.25) is 0 Å². The predicted molar refractivity (Wildman–Crippen MR) is 113 cm³/mol.